The molecule has 0 saturated carbocycles. The summed E-state index contributed by atoms with van der Waals surface area (Å²) in [4.78, 5) is 39.3. The summed E-state index contributed by atoms with van der Waals surface area (Å²) in [5.41, 5.74) is 1.19. The molecule has 0 atom stereocenters. The number of fused-ring (bicyclic) bond motifs is 2. The van der Waals surface area contributed by atoms with Gasteiger partial charge in [0.05, 0.1) is 22.9 Å². The first kappa shape index (κ1) is 24.2. The standard InChI is InChI=1S/C30H24FNO5/c1-18(2)37-28-22-11-7-6-10-21(22)27(36-17-20-8-4-3-5-9-20)25-26(28)30(35)32(29(25)34)24-13-12-19(14-15-33)16-23(24)31/h3-13,15-16,18H,14,17H2,1-2H3. The lowest BCUT2D eigenvalue weighted by Crippen LogP contribution is -2.30. The third kappa shape index (κ3) is 4.33. The first-order chi connectivity index (χ1) is 17.9. The summed E-state index contributed by atoms with van der Waals surface area (Å²) in [6.45, 7) is 3.81. The van der Waals surface area contributed by atoms with Crippen molar-refractivity contribution in [3.05, 3.63) is 101 Å². The molecule has 6 nitrogen and oxygen atoms in total. The van der Waals surface area contributed by atoms with E-state index in [9.17, 15) is 14.4 Å². The number of halogens is 1. The first-order valence-electron chi connectivity index (χ1n) is 11.9. The minimum absolute atomic E-state index is 0.0224. The first-order valence-corrected chi connectivity index (χ1v) is 11.9. The van der Waals surface area contributed by atoms with Crippen LogP contribution in [0.5, 0.6) is 11.5 Å². The number of ether oxygens (including phenoxy) is 2. The van der Waals surface area contributed by atoms with Crippen LogP contribution in [-0.2, 0) is 17.8 Å². The van der Waals surface area contributed by atoms with Crippen LogP contribution in [0.1, 0.15) is 45.7 Å². The van der Waals surface area contributed by atoms with Crippen molar-refractivity contribution in [2.45, 2.75) is 33.0 Å². The Morgan fingerprint density at radius 3 is 2.08 bits per heavy atom. The molecule has 0 saturated heterocycles. The SMILES string of the molecule is CC(C)Oc1c2c(c(OCc3ccccc3)c3ccccc13)C(=O)N(c1ccc(CC=O)cc1F)C2=O. The third-order valence-electron chi connectivity index (χ3n) is 6.11. The Bertz CT molecular complexity index is 1530. The molecule has 0 aromatic heterocycles. The van der Waals surface area contributed by atoms with E-state index in [-0.39, 0.29) is 47.4 Å². The second-order valence-electron chi connectivity index (χ2n) is 9.00. The van der Waals surface area contributed by atoms with Gasteiger partial charge in [-0.1, -0.05) is 60.7 Å². The van der Waals surface area contributed by atoms with Crippen LogP contribution in [0, 0.1) is 5.82 Å². The van der Waals surface area contributed by atoms with Crippen molar-refractivity contribution in [3.63, 3.8) is 0 Å². The highest BCUT2D eigenvalue weighted by Crippen LogP contribution is 2.46. The zero-order chi connectivity index (χ0) is 26.1. The fourth-order valence-corrected chi connectivity index (χ4v) is 4.51. The number of aldehydes is 1. The number of carbonyl (C=O) groups excluding carboxylic acids is 3. The second-order valence-corrected chi connectivity index (χ2v) is 9.00. The predicted molar refractivity (Wildman–Crippen MR) is 138 cm³/mol. The molecule has 1 aliphatic heterocycles. The molecule has 37 heavy (non-hydrogen) atoms. The summed E-state index contributed by atoms with van der Waals surface area (Å²) >= 11 is 0. The lowest BCUT2D eigenvalue weighted by atomic mass is 9.98. The molecule has 1 aliphatic rings. The summed E-state index contributed by atoms with van der Waals surface area (Å²) < 4.78 is 27.4. The van der Waals surface area contributed by atoms with E-state index >= 15 is 4.39 Å². The van der Waals surface area contributed by atoms with Crippen molar-refractivity contribution in [2.24, 2.45) is 0 Å². The Balaban J connectivity index is 1.70. The van der Waals surface area contributed by atoms with Crippen LogP contribution in [0.3, 0.4) is 0 Å². The summed E-state index contributed by atoms with van der Waals surface area (Å²) in [5.74, 6) is -1.69. The van der Waals surface area contributed by atoms with Gasteiger partial charge in [0.15, 0.2) is 0 Å². The Morgan fingerprint density at radius 2 is 1.46 bits per heavy atom. The highest BCUT2D eigenvalue weighted by Gasteiger charge is 2.44. The molecule has 4 aromatic rings. The fraction of sp³-hybridized carbons (Fsp3) is 0.167. The van der Waals surface area contributed by atoms with Crippen molar-refractivity contribution in [2.75, 3.05) is 4.90 Å². The van der Waals surface area contributed by atoms with Crippen LogP contribution >= 0.6 is 0 Å². The van der Waals surface area contributed by atoms with Crippen molar-refractivity contribution in [3.8, 4) is 11.5 Å². The van der Waals surface area contributed by atoms with Crippen molar-refractivity contribution >= 4 is 34.6 Å². The molecule has 0 spiro atoms. The molecular formula is C30H24FNO5. The molecule has 7 heteroatoms. The number of amides is 2. The molecule has 0 fully saturated rings. The second kappa shape index (κ2) is 9.85. The lowest BCUT2D eigenvalue weighted by molar-refractivity contribution is -0.107. The molecule has 0 aliphatic carbocycles. The number of imide groups is 1. The van der Waals surface area contributed by atoms with Crippen LogP contribution < -0.4 is 14.4 Å². The Hall–Kier alpha value is -4.52. The molecule has 4 aromatic carbocycles. The maximum atomic E-state index is 15.1. The van der Waals surface area contributed by atoms with E-state index in [0.29, 0.717) is 22.6 Å². The summed E-state index contributed by atoms with van der Waals surface area (Å²) in [6, 6.07) is 20.7. The maximum Gasteiger partial charge on any atom is 0.270 e. The van der Waals surface area contributed by atoms with Crippen LogP contribution in [0.2, 0.25) is 0 Å². The fourth-order valence-electron chi connectivity index (χ4n) is 4.51. The molecule has 0 unspecified atom stereocenters. The normalized spacial score (nSPS) is 12.8. The van der Waals surface area contributed by atoms with Gasteiger partial charge in [-0.15, -0.1) is 0 Å². The molecule has 2 amide bonds. The van der Waals surface area contributed by atoms with Gasteiger partial charge in [-0.05, 0) is 37.1 Å². The van der Waals surface area contributed by atoms with Gasteiger partial charge in [0.1, 0.15) is 30.2 Å². The van der Waals surface area contributed by atoms with Crippen molar-refractivity contribution < 1.29 is 28.2 Å². The van der Waals surface area contributed by atoms with Gasteiger partial charge in [-0.2, -0.15) is 0 Å². The average Bonchev–Trinajstić information content (AvgIpc) is 3.14. The van der Waals surface area contributed by atoms with Gasteiger partial charge < -0.3 is 14.3 Å². The number of hydrogen-bond donors (Lipinski definition) is 0. The Kier molecular flexibility index (Phi) is 6.44. The zero-order valence-corrected chi connectivity index (χ0v) is 20.4. The number of anilines is 1. The van der Waals surface area contributed by atoms with Crippen molar-refractivity contribution in [1.29, 1.82) is 0 Å². The van der Waals surface area contributed by atoms with Gasteiger partial charge in [0.2, 0.25) is 0 Å². The van der Waals surface area contributed by atoms with Crippen LogP contribution in [0.4, 0.5) is 10.1 Å². The quantitative estimate of drug-likeness (QED) is 0.224. The lowest BCUT2D eigenvalue weighted by Gasteiger charge is -2.19. The Morgan fingerprint density at radius 1 is 0.838 bits per heavy atom. The molecule has 0 bridgehead atoms. The van der Waals surface area contributed by atoms with E-state index in [1.54, 1.807) is 12.1 Å². The van der Waals surface area contributed by atoms with Gasteiger partial charge in [-0.25, -0.2) is 9.29 Å². The van der Waals surface area contributed by atoms with E-state index < -0.39 is 17.6 Å². The predicted octanol–water partition coefficient (Wildman–Crippen LogP) is 5.89. The van der Waals surface area contributed by atoms with Crippen LogP contribution in [0.15, 0.2) is 72.8 Å². The maximum absolute atomic E-state index is 15.1. The van der Waals surface area contributed by atoms with Crippen LogP contribution in [0.25, 0.3) is 10.8 Å². The van der Waals surface area contributed by atoms with Gasteiger partial charge >= 0.3 is 0 Å². The number of carbonyl (C=O) groups is 3. The van der Waals surface area contributed by atoms with Gasteiger partial charge in [-0.3, -0.25) is 9.59 Å². The smallest absolute Gasteiger partial charge is 0.270 e. The molecule has 5 rings (SSSR count). The largest absolute Gasteiger partial charge is 0.489 e. The van der Waals surface area contributed by atoms with E-state index in [4.69, 9.17) is 9.47 Å². The zero-order valence-electron chi connectivity index (χ0n) is 20.4. The monoisotopic (exact) mass is 497 g/mol. The topological polar surface area (TPSA) is 72.9 Å². The van der Waals surface area contributed by atoms with Gasteiger partial charge in [0, 0.05) is 17.2 Å². The molecule has 0 radical (unpaired) electrons. The summed E-state index contributed by atoms with van der Waals surface area (Å²) in [5, 5.41) is 1.22. The third-order valence-corrected chi connectivity index (χ3v) is 6.11. The minimum Gasteiger partial charge on any atom is -0.489 e. The van der Waals surface area contributed by atoms with Gasteiger partial charge in [0.25, 0.3) is 11.8 Å². The van der Waals surface area contributed by atoms with E-state index in [2.05, 4.69) is 0 Å². The van der Waals surface area contributed by atoms with Crippen molar-refractivity contribution in [1.82, 2.24) is 0 Å². The molecule has 0 N–H and O–H groups in total. The molecule has 186 valence electrons. The molecular weight excluding hydrogens is 473 g/mol. The van der Waals surface area contributed by atoms with Crippen LogP contribution in [-0.4, -0.2) is 24.2 Å². The summed E-state index contributed by atoms with van der Waals surface area (Å²) in [7, 11) is 0. The average molecular weight is 498 g/mol. The highest BCUT2D eigenvalue weighted by molar-refractivity contribution is 6.38. The highest BCUT2D eigenvalue weighted by atomic mass is 19.1. The number of nitrogens with zero attached hydrogens (tertiary/aromatic N) is 1. The Labute approximate surface area is 213 Å². The summed E-state index contributed by atoms with van der Waals surface area (Å²) in [6.07, 6.45) is 0.391. The molecule has 1 heterocycles. The number of benzene rings is 4. The minimum atomic E-state index is -0.781. The van der Waals surface area contributed by atoms with E-state index in [1.165, 1.54) is 12.1 Å². The number of hydrogen-bond acceptors (Lipinski definition) is 5. The van der Waals surface area contributed by atoms with E-state index in [0.717, 1.165) is 16.5 Å². The van der Waals surface area contributed by atoms with E-state index in [1.807, 2.05) is 56.3 Å². The number of rotatable bonds is 8.